The number of nitrogens with one attached hydrogen (secondary N) is 2. The highest BCUT2D eigenvalue weighted by molar-refractivity contribution is 5.86. The van der Waals surface area contributed by atoms with E-state index in [-0.39, 0.29) is 18.1 Å². The molecule has 0 saturated carbocycles. The Hall–Kier alpha value is -1.81. The van der Waals surface area contributed by atoms with Gasteiger partial charge in [-0.1, -0.05) is 11.6 Å². The van der Waals surface area contributed by atoms with Crippen LogP contribution >= 0.6 is 0 Å². The maximum Gasteiger partial charge on any atom is 0.249 e. The van der Waals surface area contributed by atoms with Gasteiger partial charge in [-0.25, -0.2) is 0 Å². The van der Waals surface area contributed by atoms with Crippen molar-refractivity contribution in [3.63, 3.8) is 0 Å². The van der Waals surface area contributed by atoms with Crippen molar-refractivity contribution >= 4 is 16.8 Å². The number of aromatic amines is 1. The third-order valence-corrected chi connectivity index (χ3v) is 4.91. The van der Waals surface area contributed by atoms with Crippen molar-refractivity contribution in [1.82, 2.24) is 10.3 Å². The molecule has 1 aliphatic carbocycles. The molecule has 1 fully saturated rings. The summed E-state index contributed by atoms with van der Waals surface area (Å²) in [6.45, 7) is 2.85. The molecule has 2 unspecified atom stereocenters. The number of aromatic nitrogens is 1. The molecule has 2 N–H and O–H groups in total. The fraction of sp³-hybridized carbons (Fsp3) is 0.500. The van der Waals surface area contributed by atoms with E-state index < -0.39 is 0 Å². The summed E-state index contributed by atoms with van der Waals surface area (Å²) < 4.78 is 5.47. The fourth-order valence-electron chi connectivity index (χ4n) is 3.75. The zero-order valence-corrected chi connectivity index (χ0v) is 12.9. The van der Waals surface area contributed by atoms with Crippen molar-refractivity contribution in [1.29, 1.82) is 0 Å². The zero-order chi connectivity index (χ0) is 15.1. The highest BCUT2D eigenvalue weighted by atomic mass is 16.5. The molecule has 4 heteroatoms. The Kier molecular flexibility index (Phi) is 3.41. The number of aryl methyl sites for hydroxylation is 2. The monoisotopic (exact) mass is 298 g/mol. The van der Waals surface area contributed by atoms with Crippen LogP contribution in [0.25, 0.3) is 10.9 Å². The predicted molar refractivity (Wildman–Crippen MR) is 86.0 cm³/mol. The standard InChI is InChI=1S/C18H22N2O2/c1-11-4-7-15-14(9-11)13-6-5-12(10-16(13)20-15)19-18(21)17-3-2-8-22-17/h4,7,9,12,17,20H,2-3,5-6,8,10H2,1H3,(H,19,21). The van der Waals surface area contributed by atoms with Gasteiger partial charge in [0.1, 0.15) is 6.10 Å². The minimum atomic E-state index is -0.230. The van der Waals surface area contributed by atoms with Gasteiger partial charge in [-0.05, 0) is 50.3 Å². The Labute approximate surface area is 130 Å². The molecule has 1 saturated heterocycles. The molecule has 22 heavy (non-hydrogen) atoms. The average Bonchev–Trinajstić information content (AvgIpc) is 3.14. The zero-order valence-electron chi connectivity index (χ0n) is 12.9. The third kappa shape index (κ3) is 2.41. The number of H-pyrrole nitrogens is 1. The first-order valence-electron chi connectivity index (χ1n) is 8.23. The maximum atomic E-state index is 12.2. The summed E-state index contributed by atoms with van der Waals surface area (Å²) >= 11 is 0. The van der Waals surface area contributed by atoms with Crippen LogP contribution in [0.15, 0.2) is 18.2 Å². The van der Waals surface area contributed by atoms with E-state index >= 15 is 0 Å². The van der Waals surface area contributed by atoms with Crippen molar-refractivity contribution in [2.45, 2.75) is 51.2 Å². The first-order chi connectivity index (χ1) is 10.7. The molecular formula is C18H22N2O2. The number of ether oxygens (including phenoxy) is 1. The number of carbonyl (C=O) groups is 1. The number of fused-ring (bicyclic) bond motifs is 3. The topological polar surface area (TPSA) is 54.1 Å². The molecular weight excluding hydrogens is 276 g/mol. The van der Waals surface area contributed by atoms with Gasteiger partial charge in [-0.15, -0.1) is 0 Å². The van der Waals surface area contributed by atoms with Gasteiger partial charge in [-0.3, -0.25) is 4.79 Å². The lowest BCUT2D eigenvalue weighted by Gasteiger charge is -2.24. The SMILES string of the molecule is Cc1ccc2[nH]c3c(c2c1)CCC(NC(=O)C1CCCO1)C3. The van der Waals surface area contributed by atoms with Gasteiger partial charge in [-0.2, -0.15) is 0 Å². The molecule has 4 rings (SSSR count). The van der Waals surface area contributed by atoms with Crippen LogP contribution in [0.2, 0.25) is 0 Å². The Bertz CT molecular complexity index is 713. The van der Waals surface area contributed by atoms with Crippen molar-refractivity contribution in [2.24, 2.45) is 0 Å². The first kappa shape index (κ1) is 13.8. The minimum absolute atomic E-state index is 0.0675. The van der Waals surface area contributed by atoms with Crippen molar-refractivity contribution in [3.8, 4) is 0 Å². The Morgan fingerprint density at radius 1 is 1.36 bits per heavy atom. The second kappa shape index (κ2) is 5.43. The van der Waals surface area contributed by atoms with E-state index in [0.717, 1.165) is 32.1 Å². The lowest BCUT2D eigenvalue weighted by atomic mass is 9.91. The normalized spacial score (nSPS) is 24.4. The molecule has 0 bridgehead atoms. The van der Waals surface area contributed by atoms with E-state index in [1.54, 1.807) is 0 Å². The van der Waals surface area contributed by atoms with Gasteiger partial charge < -0.3 is 15.0 Å². The summed E-state index contributed by atoms with van der Waals surface area (Å²) in [4.78, 5) is 15.7. The van der Waals surface area contributed by atoms with Crippen LogP contribution in [-0.4, -0.2) is 29.6 Å². The van der Waals surface area contributed by atoms with Gasteiger partial charge in [0.05, 0.1) is 0 Å². The molecule has 0 spiro atoms. The maximum absolute atomic E-state index is 12.2. The largest absolute Gasteiger partial charge is 0.368 e. The highest BCUT2D eigenvalue weighted by Gasteiger charge is 2.28. The number of hydrogen-bond acceptors (Lipinski definition) is 2. The Morgan fingerprint density at radius 2 is 2.27 bits per heavy atom. The van der Waals surface area contributed by atoms with E-state index in [1.807, 2.05) is 0 Å². The molecule has 2 aliphatic rings. The number of hydrogen-bond donors (Lipinski definition) is 2. The van der Waals surface area contributed by atoms with Crippen LogP contribution in [-0.2, 0) is 22.4 Å². The van der Waals surface area contributed by atoms with Crippen LogP contribution in [0.4, 0.5) is 0 Å². The smallest absolute Gasteiger partial charge is 0.249 e. The molecule has 1 amide bonds. The summed E-state index contributed by atoms with van der Waals surface area (Å²) in [5, 5.41) is 4.52. The number of rotatable bonds is 2. The van der Waals surface area contributed by atoms with Crippen molar-refractivity contribution < 1.29 is 9.53 Å². The molecule has 1 aromatic heterocycles. The summed E-state index contributed by atoms with van der Waals surface area (Å²) in [5.74, 6) is 0.0675. The highest BCUT2D eigenvalue weighted by Crippen LogP contribution is 2.30. The molecule has 4 nitrogen and oxygen atoms in total. The summed E-state index contributed by atoms with van der Waals surface area (Å²) in [5.41, 5.74) is 5.22. The molecule has 1 aromatic carbocycles. The molecule has 1 aliphatic heterocycles. The van der Waals surface area contributed by atoms with Crippen LogP contribution in [0.5, 0.6) is 0 Å². The summed E-state index contributed by atoms with van der Waals surface area (Å²) in [6.07, 6.45) is 4.54. The second-order valence-corrected chi connectivity index (χ2v) is 6.58. The van der Waals surface area contributed by atoms with Gasteiger partial charge in [0, 0.05) is 35.7 Å². The van der Waals surface area contributed by atoms with E-state index in [1.165, 1.54) is 27.7 Å². The van der Waals surface area contributed by atoms with Gasteiger partial charge >= 0.3 is 0 Å². The molecule has 2 atom stereocenters. The van der Waals surface area contributed by atoms with E-state index in [2.05, 4.69) is 35.4 Å². The lowest BCUT2D eigenvalue weighted by Crippen LogP contribution is -2.43. The number of benzene rings is 1. The summed E-state index contributed by atoms with van der Waals surface area (Å²) in [6, 6.07) is 6.78. The Morgan fingerprint density at radius 3 is 3.09 bits per heavy atom. The molecule has 2 aromatic rings. The lowest BCUT2D eigenvalue weighted by molar-refractivity contribution is -0.130. The van der Waals surface area contributed by atoms with Gasteiger partial charge in [0.15, 0.2) is 0 Å². The Balaban J connectivity index is 1.51. The predicted octanol–water partition coefficient (Wildman–Crippen LogP) is 2.63. The average molecular weight is 298 g/mol. The van der Waals surface area contributed by atoms with Crippen LogP contribution < -0.4 is 5.32 Å². The van der Waals surface area contributed by atoms with Crippen LogP contribution in [0.3, 0.4) is 0 Å². The van der Waals surface area contributed by atoms with Crippen LogP contribution in [0.1, 0.15) is 36.1 Å². The molecule has 116 valence electrons. The van der Waals surface area contributed by atoms with Crippen molar-refractivity contribution in [2.75, 3.05) is 6.61 Å². The summed E-state index contributed by atoms with van der Waals surface area (Å²) in [7, 11) is 0. The fourth-order valence-corrected chi connectivity index (χ4v) is 3.75. The third-order valence-electron chi connectivity index (χ3n) is 4.91. The molecule has 0 radical (unpaired) electrons. The molecule has 2 heterocycles. The van der Waals surface area contributed by atoms with Crippen molar-refractivity contribution in [3.05, 3.63) is 35.0 Å². The van der Waals surface area contributed by atoms with E-state index in [0.29, 0.717) is 6.61 Å². The van der Waals surface area contributed by atoms with Gasteiger partial charge in [0.25, 0.3) is 0 Å². The van der Waals surface area contributed by atoms with E-state index in [4.69, 9.17) is 4.74 Å². The minimum Gasteiger partial charge on any atom is -0.368 e. The van der Waals surface area contributed by atoms with Gasteiger partial charge in [0.2, 0.25) is 5.91 Å². The number of carbonyl (C=O) groups excluding carboxylic acids is 1. The van der Waals surface area contributed by atoms with E-state index in [9.17, 15) is 4.79 Å². The quantitative estimate of drug-likeness (QED) is 0.895. The van der Waals surface area contributed by atoms with Crippen LogP contribution in [0, 0.1) is 6.92 Å². The first-order valence-corrected chi connectivity index (χ1v) is 8.23. The second-order valence-electron chi connectivity index (χ2n) is 6.58. The number of amides is 1.